The molecule has 0 fully saturated rings. The normalized spacial score (nSPS) is 12.4. The maximum atomic E-state index is 13.1. The predicted molar refractivity (Wildman–Crippen MR) is 143 cm³/mol. The number of carbonyl (C=O) groups excluding carboxylic acids is 3. The second-order valence-corrected chi connectivity index (χ2v) is 10.5. The summed E-state index contributed by atoms with van der Waals surface area (Å²) in [6.07, 6.45) is 1.23. The summed E-state index contributed by atoms with van der Waals surface area (Å²) in [5, 5.41) is 10.9. The molecule has 9 nitrogen and oxygen atoms in total. The Morgan fingerprint density at radius 2 is 1.54 bits per heavy atom. The van der Waals surface area contributed by atoms with Gasteiger partial charge in [0.15, 0.2) is 0 Å². The number of hydrogen-bond donors (Lipinski definition) is 3. The fourth-order valence-electron chi connectivity index (χ4n) is 3.66. The van der Waals surface area contributed by atoms with Crippen molar-refractivity contribution in [1.82, 2.24) is 20.3 Å². The molecule has 0 spiro atoms. The lowest BCUT2D eigenvalue weighted by Crippen LogP contribution is -2.40. The zero-order valence-corrected chi connectivity index (χ0v) is 21.7. The van der Waals surface area contributed by atoms with Crippen molar-refractivity contribution < 1.29 is 22.8 Å². The lowest BCUT2D eigenvalue weighted by atomic mass is 9.99. The highest BCUT2D eigenvalue weighted by atomic mass is 32.2. The third-order valence-electron chi connectivity index (χ3n) is 5.70. The standard InChI is InChI=1S/C27H30N4O5S/c1-19(22-15-8-12-20-10-4-6-13-23(20)22)30-25(32)24-14-7-5-11-21(24)18-29-27(34)26(33)28-16-9-17-37(35,36)31(2)3/h4-15,17,19H,16,18H2,1-3H3,(H,28,33)(H,29,34)(H,30,32)/b17-9+/t19-/m1/s1. The summed E-state index contributed by atoms with van der Waals surface area (Å²) in [5.41, 5.74) is 1.91. The zero-order chi connectivity index (χ0) is 27.0. The van der Waals surface area contributed by atoms with Gasteiger partial charge in [-0.25, -0.2) is 12.7 Å². The van der Waals surface area contributed by atoms with Gasteiger partial charge in [-0.15, -0.1) is 0 Å². The molecule has 0 saturated heterocycles. The van der Waals surface area contributed by atoms with E-state index in [1.165, 1.54) is 20.2 Å². The molecule has 3 amide bonds. The highest BCUT2D eigenvalue weighted by Gasteiger charge is 2.18. The molecule has 3 aromatic carbocycles. The van der Waals surface area contributed by atoms with Crippen molar-refractivity contribution in [2.75, 3.05) is 20.6 Å². The van der Waals surface area contributed by atoms with Gasteiger partial charge in [-0.2, -0.15) is 0 Å². The highest BCUT2D eigenvalue weighted by Crippen LogP contribution is 2.24. The average Bonchev–Trinajstić information content (AvgIpc) is 2.89. The molecular formula is C27H30N4O5S. The molecule has 0 aliphatic rings. The Morgan fingerprint density at radius 1 is 0.892 bits per heavy atom. The van der Waals surface area contributed by atoms with Crippen LogP contribution in [0, 0.1) is 0 Å². The van der Waals surface area contributed by atoms with Gasteiger partial charge in [0.25, 0.3) is 5.91 Å². The zero-order valence-electron chi connectivity index (χ0n) is 20.9. The summed E-state index contributed by atoms with van der Waals surface area (Å²) in [6.45, 7) is 1.74. The Bertz CT molecular complexity index is 1430. The van der Waals surface area contributed by atoms with Gasteiger partial charge < -0.3 is 16.0 Å². The largest absolute Gasteiger partial charge is 0.345 e. The molecule has 3 aromatic rings. The molecule has 0 radical (unpaired) electrons. The maximum Gasteiger partial charge on any atom is 0.309 e. The maximum absolute atomic E-state index is 13.1. The van der Waals surface area contributed by atoms with Gasteiger partial charge in [-0.05, 0) is 34.9 Å². The minimum Gasteiger partial charge on any atom is -0.345 e. The van der Waals surface area contributed by atoms with Crippen LogP contribution in [0.25, 0.3) is 10.8 Å². The number of nitrogens with zero attached hydrogens (tertiary/aromatic N) is 1. The van der Waals surface area contributed by atoms with Crippen LogP contribution in [0.1, 0.15) is 34.5 Å². The molecule has 3 N–H and O–H groups in total. The lowest BCUT2D eigenvalue weighted by molar-refractivity contribution is -0.139. The van der Waals surface area contributed by atoms with E-state index in [-0.39, 0.29) is 25.0 Å². The van der Waals surface area contributed by atoms with Crippen molar-refractivity contribution in [3.63, 3.8) is 0 Å². The van der Waals surface area contributed by atoms with Crippen LogP contribution in [0.5, 0.6) is 0 Å². The first kappa shape index (κ1) is 27.6. The van der Waals surface area contributed by atoms with Gasteiger partial charge in [0.05, 0.1) is 6.04 Å². The van der Waals surface area contributed by atoms with Crippen LogP contribution < -0.4 is 16.0 Å². The Balaban J connectivity index is 1.60. The van der Waals surface area contributed by atoms with Crippen LogP contribution >= 0.6 is 0 Å². The molecular weight excluding hydrogens is 492 g/mol. The van der Waals surface area contributed by atoms with E-state index in [0.29, 0.717) is 11.1 Å². The fourth-order valence-corrected chi connectivity index (χ4v) is 4.24. The van der Waals surface area contributed by atoms with E-state index >= 15 is 0 Å². The summed E-state index contributed by atoms with van der Waals surface area (Å²) in [6, 6.07) is 20.4. The highest BCUT2D eigenvalue weighted by molar-refractivity contribution is 7.92. The van der Waals surface area contributed by atoms with Gasteiger partial charge in [-0.3, -0.25) is 14.4 Å². The third-order valence-corrected chi connectivity index (χ3v) is 7.26. The number of rotatable bonds is 9. The van der Waals surface area contributed by atoms with Crippen LogP contribution in [-0.4, -0.2) is 51.1 Å². The third kappa shape index (κ3) is 7.25. The molecule has 1 atom stereocenters. The smallest absolute Gasteiger partial charge is 0.309 e. The van der Waals surface area contributed by atoms with Crippen molar-refractivity contribution >= 4 is 38.5 Å². The minimum atomic E-state index is -3.55. The molecule has 10 heteroatoms. The molecule has 0 aromatic heterocycles. The summed E-state index contributed by atoms with van der Waals surface area (Å²) in [4.78, 5) is 37.4. The topological polar surface area (TPSA) is 125 Å². The first-order chi connectivity index (χ1) is 17.6. The predicted octanol–water partition coefficient (Wildman–Crippen LogP) is 2.47. The van der Waals surface area contributed by atoms with Gasteiger partial charge in [0.2, 0.25) is 10.0 Å². The number of fused-ring (bicyclic) bond motifs is 1. The first-order valence-corrected chi connectivity index (χ1v) is 13.1. The Hall–Kier alpha value is -4.02. The lowest BCUT2D eigenvalue weighted by Gasteiger charge is -2.18. The monoisotopic (exact) mass is 522 g/mol. The first-order valence-electron chi connectivity index (χ1n) is 11.6. The summed E-state index contributed by atoms with van der Waals surface area (Å²) in [7, 11) is -0.784. The van der Waals surface area contributed by atoms with Crippen LogP contribution in [0.3, 0.4) is 0 Å². The fraction of sp³-hybridized carbons (Fsp3) is 0.222. The number of carbonyl (C=O) groups is 3. The molecule has 0 saturated carbocycles. The molecule has 0 unspecified atom stereocenters. The Kier molecular flexibility index (Phi) is 9.15. The van der Waals surface area contributed by atoms with Crippen LogP contribution in [0.4, 0.5) is 0 Å². The van der Waals surface area contributed by atoms with Crippen molar-refractivity contribution in [2.24, 2.45) is 0 Å². The SMILES string of the molecule is C[C@@H](NC(=O)c1ccccc1CNC(=O)C(=O)NC/C=C/S(=O)(=O)N(C)C)c1cccc2ccccc12. The summed E-state index contributed by atoms with van der Waals surface area (Å²) < 4.78 is 24.4. The van der Waals surface area contributed by atoms with E-state index in [0.717, 1.165) is 26.0 Å². The number of nitrogens with one attached hydrogen (secondary N) is 3. The van der Waals surface area contributed by atoms with Crippen LogP contribution in [-0.2, 0) is 26.2 Å². The molecule has 0 heterocycles. The molecule has 3 rings (SSSR count). The molecule has 0 bridgehead atoms. The van der Waals surface area contributed by atoms with Gasteiger partial charge >= 0.3 is 11.8 Å². The van der Waals surface area contributed by atoms with E-state index in [2.05, 4.69) is 16.0 Å². The van der Waals surface area contributed by atoms with Crippen molar-refractivity contribution in [1.29, 1.82) is 0 Å². The van der Waals surface area contributed by atoms with Gasteiger partial charge in [0.1, 0.15) is 0 Å². The van der Waals surface area contributed by atoms with E-state index in [9.17, 15) is 22.8 Å². The van der Waals surface area contributed by atoms with E-state index in [1.807, 2.05) is 49.4 Å². The molecule has 0 aliphatic heterocycles. The van der Waals surface area contributed by atoms with Crippen molar-refractivity contribution in [3.05, 3.63) is 94.9 Å². The molecule has 37 heavy (non-hydrogen) atoms. The van der Waals surface area contributed by atoms with E-state index in [4.69, 9.17) is 0 Å². The molecule has 194 valence electrons. The summed E-state index contributed by atoms with van der Waals surface area (Å²) >= 11 is 0. The minimum absolute atomic E-state index is 0.0383. The Labute approximate surface area is 216 Å². The number of benzene rings is 3. The average molecular weight is 523 g/mol. The van der Waals surface area contributed by atoms with Gasteiger partial charge in [0, 0.05) is 38.2 Å². The second kappa shape index (κ2) is 12.3. The van der Waals surface area contributed by atoms with E-state index in [1.54, 1.807) is 24.3 Å². The quantitative estimate of drug-likeness (QED) is 0.373. The van der Waals surface area contributed by atoms with Gasteiger partial charge in [-0.1, -0.05) is 66.7 Å². The number of sulfonamides is 1. The number of amides is 3. The Morgan fingerprint density at radius 3 is 2.30 bits per heavy atom. The van der Waals surface area contributed by atoms with E-state index < -0.39 is 21.8 Å². The van der Waals surface area contributed by atoms with Crippen molar-refractivity contribution in [3.8, 4) is 0 Å². The summed E-state index contributed by atoms with van der Waals surface area (Å²) in [5.74, 6) is -2.12. The second-order valence-electron chi connectivity index (χ2n) is 8.51. The number of hydrogen-bond acceptors (Lipinski definition) is 5. The van der Waals surface area contributed by atoms with Crippen LogP contribution in [0.2, 0.25) is 0 Å². The van der Waals surface area contributed by atoms with Crippen molar-refractivity contribution in [2.45, 2.75) is 19.5 Å². The molecule has 0 aliphatic carbocycles. The van der Waals surface area contributed by atoms with Crippen LogP contribution in [0.15, 0.2) is 78.2 Å².